The first-order valence-corrected chi connectivity index (χ1v) is 10.1. The molecule has 5 rings (SSSR count). The minimum absolute atomic E-state index is 0.457. The van der Waals surface area contributed by atoms with Gasteiger partial charge in [0.2, 0.25) is 0 Å². The number of benzene rings is 2. The Hall–Kier alpha value is -4.60. The Labute approximate surface area is 183 Å². The molecule has 0 fully saturated rings. The van der Waals surface area contributed by atoms with Gasteiger partial charge in [-0.1, -0.05) is 60.7 Å². The molecular weight excluding hydrogens is 404 g/mol. The molecule has 0 unspecified atom stereocenters. The summed E-state index contributed by atoms with van der Waals surface area (Å²) in [5.74, 6) is 4.09. The predicted octanol–water partition coefficient (Wildman–Crippen LogP) is 3.27. The first-order chi connectivity index (χ1) is 15.8. The molecule has 32 heavy (non-hydrogen) atoms. The van der Waals surface area contributed by atoms with Crippen LogP contribution in [-0.4, -0.2) is 40.3 Å². The van der Waals surface area contributed by atoms with Crippen molar-refractivity contribution < 1.29 is 0 Å². The molecule has 0 saturated heterocycles. The summed E-state index contributed by atoms with van der Waals surface area (Å²) in [5, 5.41) is 20.9. The maximum Gasteiger partial charge on any atom is 0.181 e. The van der Waals surface area contributed by atoms with Crippen molar-refractivity contribution in [3.8, 4) is 22.8 Å². The van der Waals surface area contributed by atoms with E-state index in [4.69, 9.17) is 0 Å². The lowest BCUT2D eigenvalue weighted by atomic mass is 10.2. The smallest absolute Gasteiger partial charge is 0.181 e. The fourth-order valence-corrected chi connectivity index (χ4v) is 3.08. The predicted molar refractivity (Wildman–Crippen MR) is 120 cm³/mol. The van der Waals surface area contributed by atoms with Crippen molar-refractivity contribution in [2.75, 3.05) is 10.6 Å². The molecule has 10 nitrogen and oxygen atoms in total. The number of hydrogen-bond donors (Lipinski definition) is 4. The molecule has 0 aliphatic rings. The van der Waals surface area contributed by atoms with Gasteiger partial charge in [-0.05, 0) is 0 Å². The number of H-pyrrole nitrogens is 2. The quantitative estimate of drug-likeness (QED) is 0.298. The Kier molecular flexibility index (Phi) is 5.47. The molecule has 0 bridgehead atoms. The Bertz CT molecular complexity index is 1180. The van der Waals surface area contributed by atoms with Crippen LogP contribution in [0.2, 0.25) is 0 Å². The highest BCUT2D eigenvalue weighted by molar-refractivity contribution is 5.55. The normalized spacial score (nSPS) is 10.8. The summed E-state index contributed by atoms with van der Waals surface area (Å²) in [6, 6.07) is 21.5. The molecule has 0 aliphatic carbocycles. The fourth-order valence-electron chi connectivity index (χ4n) is 3.08. The molecule has 4 N–H and O–H groups in total. The van der Waals surface area contributed by atoms with Gasteiger partial charge in [0.15, 0.2) is 11.6 Å². The third-order valence-electron chi connectivity index (χ3n) is 4.67. The van der Waals surface area contributed by atoms with E-state index in [9.17, 15) is 0 Å². The Balaban J connectivity index is 1.17. The molecule has 0 aliphatic heterocycles. The second-order valence-electron chi connectivity index (χ2n) is 6.94. The van der Waals surface area contributed by atoms with Crippen molar-refractivity contribution in [2.45, 2.75) is 13.1 Å². The van der Waals surface area contributed by atoms with Gasteiger partial charge >= 0.3 is 0 Å². The monoisotopic (exact) mass is 424 g/mol. The van der Waals surface area contributed by atoms with E-state index in [0.29, 0.717) is 48.0 Å². The molecule has 0 radical (unpaired) electrons. The molecule has 0 saturated carbocycles. The zero-order valence-corrected chi connectivity index (χ0v) is 17.0. The number of anilines is 2. The highest BCUT2D eigenvalue weighted by atomic mass is 15.2. The van der Waals surface area contributed by atoms with Gasteiger partial charge in [0.1, 0.15) is 29.6 Å². The van der Waals surface area contributed by atoms with Gasteiger partial charge in [-0.25, -0.2) is 19.9 Å². The van der Waals surface area contributed by atoms with Crippen LogP contribution in [0.15, 0.2) is 73.1 Å². The van der Waals surface area contributed by atoms with Crippen LogP contribution in [-0.2, 0) is 13.1 Å². The number of nitrogens with zero attached hydrogens (tertiary/aromatic N) is 6. The number of hydrogen-bond acceptors (Lipinski definition) is 8. The van der Waals surface area contributed by atoms with E-state index in [2.05, 4.69) is 51.0 Å². The SMILES string of the molecule is c1ccc(-c2n[nH]c(CNc3cc(NCc4nc(-c5ccccc5)n[nH]4)ncn3)n2)cc1. The van der Waals surface area contributed by atoms with Crippen molar-refractivity contribution in [3.05, 3.63) is 84.7 Å². The van der Waals surface area contributed by atoms with Crippen molar-refractivity contribution in [3.63, 3.8) is 0 Å². The van der Waals surface area contributed by atoms with E-state index in [1.807, 2.05) is 66.7 Å². The van der Waals surface area contributed by atoms with Crippen LogP contribution < -0.4 is 10.6 Å². The highest BCUT2D eigenvalue weighted by Gasteiger charge is 2.08. The molecule has 3 aromatic heterocycles. The number of aromatic nitrogens is 8. The Morgan fingerprint density at radius 2 is 1.09 bits per heavy atom. The molecule has 0 amide bonds. The van der Waals surface area contributed by atoms with Gasteiger partial charge in [-0.2, -0.15) is 10.2 Å². The molecule has 0 atom stereocenters. The first-order valence-electron chi connectivity index (χ1n) is 10.1. The van der Waals surface area contributed by atoms with E-state index >= 15 is 0 Å². The number of aromatic amines is 2. The summed E-state index contributed by atoms with van der Waals surface area (Å²) in [4.78, 5) is 17.5. The van der Waals surface area contributed by atoms with Gasteiger partial charge in [0, 0.05) is 17.2 Å². The van der Waals surface area contributed by atoms with Crippen LogP contribution in [0.1, 0.15) is 11.6 Å². The summed E-state index contributed by atoms with van der Waals surface area (Å²) in [6.07, 6.45) is 1.50. The fraction of sp³-hybridized carbons (Fsp3) is 0.0909. The van der Waals surface area contributed by atoms with E-state index < -0.39 is 0 Å². The zero-order valence-electron chi connectivity index (χ0n) is 17.0. The maximum atomic E-state index is 4.51. The third-order valence-corrected chi connectivity index (χ3v) is 4.67. The van der Waals surface area contributed by atoms with Crippen LogP contribution in [0.5, 0.6) is 0 Å². The lowest BCUT2D eigenvalue weighted by Crippen LogP contribution is -2.06. The first kappa shape index (κ1) is 19.4. The van der Waals surface area contributed by atoms with Crippen LogP contribution in [0.25, 0.3) is 22.8 Å². The average Bonchev–Trinajstić information content (AvgIpc) is 3.53. The largest absolute Gasteiger partial charge is 0.363 e. The van der Waals surface area contributed by atoms with Crippen molar-refractivity contribution in [2.24, 2.45) is 0 Å². The lowest BCUT2D eigenvalue weighted by molar-refractivity contribution is 0.935. The second-order valence-corrected chi connectivity index (χ2v) is 6.94. The van der Waals surface area contributed by atoms with Crippen LogP contribution >= 0.6 is 0 Å². The molecule has 2 aromatic carbocycles. The average molecular weight is 424 g/mol. The Morgan fingerprint density at radius 3 is 1.56 bits per heavy atom. The van der Waals surface area contributed by atoms with Gasteiger partial charge < -0.3 is 10.6 Å². The van der Waals surface area contributed by atoms with Gasteiger partial charge in [0.05, 0.1) is 13.1 Å². The van der Waals surface area contributed by atoms with E-state index in [1.54, 1.807) is 0 Å². The van der Waals surface area contributed by atoms with Crippen molar-refractivity contribution in [1.29, 1.82) is 0 Å². The summed E-state index contributed by atoms with van der Waals surface area (Å²) >= 11 is 0. The van der Waals surface area contributed by atoms with Gasteiger partial charge in [0.25, 0.3) is 0 Å². The van der Waals surface area contributed by atoms with Gasteiger partial charge in [-0.3, -0.25) is 10.2 Å². The summed E-state index contributed by atoms with van der Waals surface area (Å²) in [5.41, 5.74) is 1.93. The highest BCUT2D eigenvalue weighted by Crippen LogP contribution is 2.16. The minimum Gasteiger partial charge on any atom is -0.363 e. The summed E-state index contributed by atoms with van der Waals surface area (Å²) in [6.45, 7) is 0.914. The summed E-state index contributed by atoms with van der Waals surface area (Å²) < 4.78 is 0. The standard InChI is InChI=1S/C22H20N10/c1-3-7-15(8-4-1)21-27-19(29-31-21)12-23-17-11-18(26-14-25-17)24-13-20-28-22(32-30-20)16-9-5-2-6-10-16/h1-11,14H,12-13H2,(H,27,29,31)(H,28,30,32)(H2,23,24,25,26). The second kappa shape index (κ2) is 9.04. The molecule has 3 heterocycles. The summed E-state index contributed by atoms with van der Waals surface area (Å²) in [7, 11) is 0. The van der Waals surface area contributed by atoms with E-state index in [1.165, 1.54) is 6.33 Å². The van der Waals surface area contributed by atoms with Crippen molar-refractivity contribution in [1.82, 2.24) is 40.3 Å². The van der Waals surface area contributed by atoms with Crippen LogP contribution in [0, 0.1) is 0 Å². The van der Waals surface area contributed by atoms with Crippen molar-refractivity contribution >= 4 is 11.6 Å². The van der Waals surface area contributed by atoms with Gasteiger partial charge in [-0.15, -0.1) is 0 Å². The molecule has 10 heteroatoms. The van der Waals surface area contributed by atoms with E-state index in [0.717, 1.165) is 11.1 Å². The Morgan fingerprint density at radius 1 is 0.625 bits per heavy atom. The molecule has 158 valence electrons. The third kappa shape index (κ3) is 4.59. The number of nitrogens with one attached hydrogen (secondary N) is 4. The number of rotatable bonds is 8. The minimum atomic E-state index is 0.457. The zero-order chi connectivity index (χ0) is 21.6. The van der Waals surface area contributed by atoms with Crippen LogP contribution in [0.4, 0.5) is 11.6 Å². The van der Waals surface area contributed by atoms with E-state index in [-0.39, 0.29) is 0 Å². The molecule has 5 aromatic rings. The molecule has 0 spiro atoms. The molecular formula is C22H20N10. The van der Waals surface area contributed by atoms with Crippen LogP contribution in [0.3, 0.4) is 0 Å². The lowest BCUT2D eigenvalue weighted by Gasteiger charge is -2.06. The topological polar surface area (TPSA) is 133 Å². The maximum absolute atomic E-state index is 4.51.